The quantitative estimate of drug-likeness (QED) is 0.831. The number of benzene rings is 1. The third-order valence-electron chi connectivity index (χ3n) is 4.64. The topological polar surface area (TPSA) is 77.9 Å². The Hall–Kier alpha value is -2.37. The van der Waals surface area contributed by atoms with E-state index in [1.807, 2.05) is 44.2 Å². The summed E-state index contributed by atoms with van der Waals surface area (Å²) >= 11 is 0. The molecule has 1 aromatic carbocycles. The van der Waals surface area contributed by atoms with E-state index >= 15 is 0 Å². The van der Waals surface area contributed by atoms with E-state index in [4.69, 9.17) is 5.11 Å². The third kappa shape index (κ3) is 4.13. The molecule has 1 aliphatic heterocycles. The molecule has 2 atom stereocenters. The number of amides is 3. The van der Waals surface area contributed by atoms with Gasteiger partial charge in [0, 0.05) is 19.0 Å². The lowest BCUT2D eigenvalue weighted by molar-refractivity contribution is -0.145. The van der Waals surface area contributed by atoms with Gasteiger partial charge in [-0.05, 0) is 17.9 Å². The van der Waals surface area contributed by atoms with Crippen molar-refractivity contribution in [2.45, 2.75) is 39.2 Å². The second-order valence-electron chi connectivity index (χ2n) is 6.24. The second kappa shape index (κ2) is 7.95. The summed E-state index contributed by atoms with van der Waals surface area (Å²) in [5.41, 5.74) is 1.11. The number of nitrogens with zero attached hydrogens (tertiary/aromatic N) is 2. The lowest BCUT2D eigenvalue weighted by Crippen LogP contribution is -2.59. The summed E-state index contributed by atoms with van der Waals surface area (Å²) in [6.45, 7) is 3.94. The van der Waals surface area contributed by atoms with Gasteiger partial charge in [0.05, 0.1) is 0 Å². The number of hydrogen-bond donors (Lipinski definition) is 1. The zero-order valence-corrected chi connectivity index (χ0v) is 14.1. The van der Waals surface area contributed by atoms with E-state index in [1.54, 1.807) is 4.90 Å². The molecule has 1 N–H and O–H groups in total. The number of urea groups is 1. The SMILES string of the molecule is CC[C@@H](C)C1CC(=O)N(CC(=O)O)C(=O)N1CCc1ccccc1. The summed E-state index contributed by atoms with van der Waals surface area (Å²) in [5, 5.41) is 8.95. The van der Waals surface area contributed by atoms with Gasteiger partial charge in [-0.1, -0.05) is 50.6 Å². The van der Waals surface area contributed by atoms with Crippen LogP contribution in [0.4, 0.5) is 4.79 Å². The zero-order chi connectivity index (χ0) is 17.7. The number of hydrogen-bond acceptors (Lipinski definition) is 3. The van der Waals surface area contributed by atoms with Crippen molar-refractivity contribution in [1.29, 1.82) is 0 Å². The van der Waals surface area contributed by atoms with Crippen molar-refractivity contribution < 1.29 is 19.5 Å². The van der Waals surface area contributed by atoms with Crippen LogP contribution in [0.25, 0.3) is 0 Å². The van der Waals surface area contributed by atoms with Crippen molar-refractivity contribution in [2.24, 2.45) is 5.92 Å². The standard InChI is InChI=1S/C18H24N2O4/c1-3-13(2)15-11-16(21)20(12-17(22)23)18(24)19(15)10-9-14-7-5-4-6-8-14/h4-8,13,15H,3,9-12H2,1-2H3,(H,22,23)/t13-,15?/m1/s1. The molecule has 24 heavy (non-hydrogen) atoms. The van der Waals surface area contributed by atoms with Crippen molar-refractivity contribution in [3.8, 4) is 0 Å². The minimum absolute atomic E-state index is 0.177. The fraction of sp³-hybridized carbons (Fsp3) is 0.500. The highest BCUT2D eigenvalue weighted by atomic mass is 16.4. The monoisotopic (exact) mass is 332 g/mol. The molecule has 1 saturated heterocycles. The van der Waals surface area contributed by atoms with Crippen molar-refractivity contribution in [1.82, 2.24) is 9.80 Å². The first-order chi connectivity index (χ1) is 11.4. The first-order valence-electron chi connectivity index (χ1n) is 8.30. The number of imide groups is 1. The predicted molar refractivity (Wildman–Crippen MR) is 89.5 cm³/mol. The number of carbonyl (C=O) groups excluding carboxylic acids is 2. The van der Waals surface area contributed by atoms with E-state index in [-0.39, 0.29) is 18.4 Å². The van der Waals surface area contributed by atoms with Gasteiger partial charge in [0.25, 0.3) is 0 Å². The maximum atomic E-state index is 12.7. The van der Waals surface area contributed by atoms with Crippen molar-refractivity contribution in [2.75, 3.05) is 13.1 Å². The van der Waals surface area contributed by atoms with Gasteiger partial charge in [0.15, 0.2) is 0 Å². The fourth-order valence-corrected chi connectivity index (χ4v) is 3.03. The highest BCUT2D eigenvalue weighted by molar-refractivity contribution is 5.99. The Balaban J connectivity index is 2.18. The smallest absolute Gasteiger partial charge is 0.327 e. The molecule has 0 aliphatic carbocycles. The van der Waals surface area contributed by atoms with Crippen LogP contribution in [0.1, 0.15) is 32.3 Å². The van der Waals surface area contributed by atoms with Crippen LogP contribution < -0.4 is 0 Å². The van der Waals surface area contributed by atoms with Crippen LogP contribution in [0.15, 0.2) is 30.3 Å². The molecule has 1 aromatic rings. The zero-order valence-electron chi connectivity index (χ0n) is 14.1. The Morgan fingerprint density at radius 2 is 1.96 bits per heavy atom. The molecular weight excluding hydrogens is 308 g/mol. The van der Waals surface area contributed by atoms with Crippen LogP contribution >= 0.6 is 0 Å². The molecule has 1 fully saturated rings. The molecule has 1 aliphatic rings. The summed E-state index contributed by atoms with van der Waals surface area (Å²) in [6.07, 6.45) is 1.71. The van der Waals surface area contributed by atoms with Crippen LogP contribution in [0.5, 0.6) is 0 Å². The molecular formula is C18H24N2O4. The van der Waals surface area contributed by atoms with Crippen LogP contribution in [0.3, 0.4) is 0 Å². The first kappa shape index (κ1) is 18.0. The van der Waals surface area contributed by atoms with E-state index < -0.39 is 24.5 Å². The molecule has 0 aromatic heterocycles. The summed E-state index contributed by atoms with van der Waals surface area (Å²) in [6, 6.07) is 9.14. The molecule has 3 amide bonds. The number of carboxylic acids is 1. The van der Waals surface area contributed by atoms with E-state index in [0.29, 0.717) is 13.0 Å². The number of carbonyl (C=O) groups is 3. The first-order valence-corrected chi connectivity index (χ1v) is 8.30. The highest BCUT2D eigenvalue weighted by Crippen LogP contribution is 2.25. The summed E-state index contributed by atoms with van der Waals surface area (Å²) in [4.78, 5) is 38.4. The van der Waals surface area contributed by atoms with Gasteiger partial charge in [-0.25, -0.2) is 4.79 Å². The minimum Gasteiger partial charge on any atom is -0.480 e. The van der Waals surface area contributed by atoms with Crippen molar-refractivity contribution in [3.05, 3.63) is 35.9 Å². The van der Waals surface area contributed by atoms with Gasteiger partial charge in [-0.2, -0.15) is 0 Å². The number of aliphatic carboxylic acids is 1. The molecule has 6 heteroatoms. The lowest BCUT2D eigenvalue weighted by atomic mass is 9.92. The Bertz CT molecular complexity index is 602. The van der Waals surface area contributed by atoms with E-state index in [0.717, 1.165) is 16.9 Å². The van der Waals surface area contributed by atoms with Crippen molar-refractivity contribution >= 4 is 17.9 Å². The Morgan fingerprint density at radius 1 is 1.29 bits per heavy atom. The predicted octanol–water partition coefficient (Wildman–Crippen LogP) is 2.38. The van der Waals surface area contributed by atoms with E-state index in [1.165, 1.54) is 0 Å². The van der Waals surface area contributed by atoms with Gasteiger partial charge in [0.1, 0.15) is 6.54 Å². The van der Waals surface area contributed by atoms with Crippen LogP contribution in [-0.2, 0) is 16.0 Å². The molecule has 0 bridgehead atoms. The molecule has 130 valence electrons. The Labute approximate surface area is 142 Å². The average molecular weight is 332 g/mol. The van der Waals surface area contributed by atoms with Gasteiger partial charge < -0.3 is 10.0 Å². The number of rotatable bonds is 7. The van der Waals surface area contributed by atoms with Gasteiger partial charge >= 0.3 is 12.0 Å². The molecule has 0 radical (unpaired) electrons. The van der Waals surface area contributed by atoms with E-state index in [2.05, 4.69) is 0 Å². The van der Waals surface area contributed by atoms with E-state index in [9.17, 15) is 14.4 Å². The highest BCUT2D eigenvalue weighted by Gasteiger charge is 2.40. The molecule has 1 heterocycles. The molecule has 6 nitrogen and oxygen atoms in total. The average Bonchev–Trinajstić information content (AvgIpc) is 2.57. The molecule has 0 saturated carbocycles. The van der Waals surface area contributed by atoms with Gasteiger partial charge in [0.2, 0.25) is 5.91 Å². The van der Waals surface area contributed by atoms with Crippen LogP contribution in [-0.4, -0.2) is 51.9 Å². The molecule has 0 spiro atoms. The minimum atomic E-state index is -1.18. The van der Waals surface area contributed by atoms with Gasteiger partial charge in [-0.3, -0.25) is 14.5 Å². The van der Waals surface area contributed by atoms with Crippen LogP contribution in [0.2, 0.25) is 0 Å². The van der Waals surface area contributed by atoms with Gasteiger partial charge in [-0.15, -0.1) is 0 Å². The summed E-state index contributed by atoms with van der Waals surface area (Å²) < 4.78 is 0. The third-order valence-corrected chi connectivity index (χ3v) is 4.64. The Kier molecular flexibility index (Phi) is 5.95. The second-order valence-corrected chi connectivity index (χ2v) is 6.24. The number of carboxylic acid groups (broad SMARTS) is 1. The lowest BCUT2D eigenvalue weighted by Gasteiger charge is -2.42. The summed E-state index contributed by atoms with van der Waals surface area (Å²) in [7, 11) is 0. The largest absolute Gasteiger partial charge is 0.480 e. The molecule has 2 rings (SSSR count). The normalized spacial score (nSPS) is 19.5. The van der Waals surface area contributed by atoms with Crippen molar-refractivity contribution in [3.63, 3.8) is 0 Å². The maximum absolute atomic E-state index is 12.7. The molecule has 1 unspecified atom stereocenters. The Morgan fingerprint density at radius 3 is 2.54 bits per heavy atom. The summed E-state index contributed by atoms with van der Waals surface area (Å²) in [5.74, 6) is -1.40. The fourth-order valence-electron chi connectivity index (χ4n) is 3.03. The maximum Gasteiger partial charge on any atom is 0.327 e. The van der Waals surface area contributed by atoms with Crippen LogP contribution in [0, 0.1) is 5.92 Å².